The van der Waals surface area contributed by atoms with E-state index in [1.807, 2.05) is 0 Å². The van der Waals surface area contributed by atoms with Gasteiger partial charge >= 0.3 is 0 Å². The number of likely N-dealkylation sites (tertiary alicyclic amines) is 1. The molecule has 106 valence electrons. The van der Waals surface area contributed by atoms with Crippen LogP contribution in [0.2, 0.25) is 0 Å². The highest BCUT2D eigenvalue weighted by atomic mass is 15.1. The van der Waals surface area contributed by atoms with Gasteiger partial charge in [-0.05, 0) is 56.1 Å². The molecule has 0 radical (unpaired) electrons. The molecular formula is C16H32N2. The van der Waals surface area contributed by atoms with E-state index in [2.05, 4.69) is 31.0 Å². The summed E-state index contributed by atoms with van der Waals surface area (Å²) in [5.41, 5.74) is 1.22. The van der Waals surface area contributed by atoms with Crippen LogP contribution >= 0.6 is 0 Å². The summed E-state index contributed by atoms with van der Waals surface area (Å²) in [6.07, 6.45) is 8.28. The molecule has 1 unspecified atom stereocenters. The normalized spacial score (nSPS) is 32.8. The van der Waals surface area contributed by atoms with Gasteiger partial charge in [0.1, 0.15) is 0 Å². The average molecular weight is 252 g/mol. The van der Waals surface area contributed by atoms with Crippen molar-refractivity contribution in [3.8, 4) is 0 Å². The van der Waals surface area contributed by atoms with Crippen LogP contribution in [0, 0.1) is 10.8 Å². The molecule has 2 aliphatic heterocycles. The Balaban J connectivity index is 1.86. The van der Waals surface area contributed by atoms with Crippen LogP contribution in [0.15, 0.2) is 0 Å². The highest BCUT2D eigenvalue weighted by Gasteiger charge is 2.37. The van der Waals surface area contributed by atoms with E-state index in [4.69, 9.17) is 0 Å². The Labute approximate surface area is 114 Å². The molecule has 2 rings (SSSR count). The Morgan fingerprint density at radius 3 is 2.33 bits per heavy atom. The summed E-state index contributed by atoms with van der Waals surface area (Å²) in [6, 6.07) is 0. The summed E-state index contributed by atoms with van der Waals surface area (Å²) in [5, 5.41) is 3.59. The lowest BCUT2D eigenvalue weighted by molar-refractivity contribution is 0.0739. The summed E-state index contributed by atoms with van der Waals surface area (Å²) in [5.74, 6) is 0. The summed E-state index contributed by atoms with van der Waals surface area (Å²) in [7, 11) is 0. The van der Waals surface area contributed by atoms with E-state index in [-0.39, 0.29) is 0 Å². The summed E-state index contributed by atoms with van der Waals surface area (Å²) < 4.78 is 0. The lowest BCUT2D eigenvalue weighted by Crippen LogP contribution is -2.45. The minimum atomic E-state index is 0.592. The van der Waals surface area contributed by atoms with Crippen molar-refractivity contribution in [1.29, 1.82) is 0 Å². The van der Waals surface area contributed by atoms with Gasteiger partial charge < -0.3 is 10.2 Å². The van der Waals surface area contributed by atoms with Crippen LogP contribution in [0.3, 0.4) is 0 Å². The monoisotopic (exact) mass is 252 g/mol. The molecule has 2 heterocycles. The number of hydrogen-bond donors (Lipinski definition) is 1. The van der Waals surface area contributed by atoms with Gasteiger partial charge in [-0.15, -0.1) is 0 Å². The van der Waals surface area contributed by atoms with Crippen molar-refractivity contribution in [3.63, 3.8) is 0 Å². The quantitative estimate of drug-likeness (QED) is 0.808. The molecule has 2 heteroatoms. The zero-order valence-electron chi connectivity index (χ0n) is 12.7. The SMILES string of the molecule is CCCC1(CN2CCC(C)(CC)CC2)CCNC1. The molecule has 1 N–H and O–H groups in total. The van der Waals surface area contributed by atoms with Gasteiger partial charge in [-0.25, -0.2) is 0 Å². The van der Waals surface area contributed by atoms with Crippen molar-refractivity contribution in [2.45, 2.75) is 59.3 Å². The third-order valence-corrected chi connectivity index (χ3v) is 5.59. The van der Waals surface area contributed by atoms with Crippen LogP contribution in [0.25, 0.3) is 0 Å². The molecule has 2 nitrogen and oxygen atoms in total. The molecule has 0 bridgehead atoms. The van der Waals surface area contributed by atoms with Crippen molar-refractivity contribution in [2.24, 2.45) is 10.8 Å². The number of rotatable bonds is 5. The van der Waals surface area contributed by atoms with Gasteiger partial charge in [0.15, 0.2) is 0 Å². The molecule has 0 aromatic heterocycles. The maximum Gasteiger partial charge on any atom is 0.00506 e. The number of nitrogens with one attached hydrogen (secondary N) is 1. The maximum atomic E-state index is 3.59. The molecule has 2 fully saturated rings. The first kappa shape index (κ1) is 14.3. The summed E-state index contributed by atoms with van der Waals surface area (Å²) in [6.45, 7) is 13.7. The van der Waals surface area contributed by atoms with Crippen molar-refractivity contribution < 1.29 is 0 Å². The van der Waals surface area contributed by atoms with Gasteiger partial charge in [-0.1, -0.05) is 33.6 Å². The first-order valence-corrected chi connectivity index (χ1v) is 8.04. The number of hydrogen-bond acceptors (Lipinski definition) is 2. The molecule has 18 heavy (non-hydrogen) atoms. The highest BCUT2D eigenvalue weighted by molar-refractivity contribution is 4.92. The van der Waals surface area contributed by atoms with Gasteiger partial charge in [0.25, 0.3) is 0 Å². The molecule has 0 aliphatic carbocycles. The second kappa shape index (κ2) is 5.92. The van der Waals surface area contributed by atoms with Gasteiger partial charge in [0, 0.05) is 13.1 Å². The van der Waals surface area contributed by atoms with Crippen molar-refractivity contribution in [1.82, 2.24) is 10.2 Å². The van der Waals surface area contributed by atoms with Crippen LogP contribution in [0.5, 0.6) is 0 Å². The van der Waals surface area contributed by atoms with Gasteiger partial charge in [-0.2, -0.15) is 0 Å². The van der Waals surface area contributed by atoms with E-state index in [0.717, 1.165) is 0 Å². The molecule has 0 spiro atoms. The molecule has 1 atom stereocenters. The fraction of sp³-hybridized carbons (Fsp3) is 1.00. The third-order valence-electron chi connectivity index (χ3n) is 5.59. The smallest absolute Gasteiger partial charge is 0.00506 e. The molecule has 0 aromatic carbocycles. The molecule has 2 aliphatic rings. The zero-order valence-corrected chi connectivity index (χ0v) is 12.7. The van der Waals surface area contributed by atoms with Gasteiger partial charge in [-0.3, -0.25) is 0 Å². The Hall–Kier alpha value is -0.0800. The highest BCUT2D eigenvalue weighted by Crippen LogP contribution is 2.37. The van der Waals surface area contributed by atoms with Gasteiger partial charge in [0.05, 0.1) is 0 Å². The van der Waals surface area contributed by atoms with E-state index in [1.54, 1.807) is 0 Å². The predicted molar refractivity (Wildman–Crippen MR) is 78.9 cm³/mol. The summed E-state index contributed by atoms with van der Waals surface area (Å²) in [4.78, 5) is 2.75. The van der Waals surface area contributed by atoms with E-state index < -0.39 is 0 Å². The summed E-state index contributed by atoms with van der Waals surface area (Å²) >= 11 is 0. The molecule has 0 amide bonds. The predicted octanol–water partition coefficient (Wildman–Crippen LogP) is 3.28. The average Bonchev–Trinajstić information content (AvgIpc) is 2.82. The first-order chi connectivity index (χ1) is 8.61. The number of nitrogens with zero attached hydrogens (tertiary/aromatic N) is 1. The topological polar surface area (TPSA) is 15.3 Å². The maximum absolute atomic E-state index is 3.59. The second-order valence-electron chi connectivity index (χ2n) is 7.12. The van der Waals surface area contributed by atoms with E-state index >= 15 is 0 Å². The molecular weight excluding hydrogens is 220 g/mol. The Morgan fingerprint density at radius 2 is 1.83 bits per heavy atom. The Bertz CT molecular complexity index is 248. The molecule has 0 saturated carbocycles. The van der Waals surface area contributed by atoms with E-state index in [1.165, 1.54) is 71.2 Å². The van der Waals surface area contributed by atoms with Crippen molar-refractivity contribution in [3.05, 3.63) is 0 Å². The van der Waals surface area contributed by atoms with Crippen molar-refractivity contribution in [2.75, 3.05) is 32.7 Å². The van der Waals surface area contributed by atoms with Crippen LogP contribution in [-0.4, -0.2) is 37.6 Å². The molecule has 0 aromatic rings. The van der Waals surface area contributed by atoms with Crippen LogP contribution in [0.4, 0.5) is 0 Å². The van der Waals surface area contributed by atoms with Crippen LogP contribution < -0.4 is 5.32 Å². The van der Waals surface area contributed by atoms with Crippen LogP contribution in [0.1, 0.15) is 59.3 Å². The standard InChI is InChI=1S/C16H32N2/c1-4-6-16(7-10-17-13-16)14-18-11-8-15(3,5-2)9-12-18/h17H,4-14H2,1-3H3. The second-order valence-corrected chi connectivity index (χ2v) is 7.12. The Kier molecular flexibility index (Phi) is 4.71. The molecule has 2 saturated heterocycles. The fourth-order valence-corrected chi connectivity index (χ4v) is 3.83. The van der Waals surface area contributed by atoms with E-state index in [0.29, 0.717) is 10.8 Å². The largest absolute Gasteiger partial charge is 0.316 e. The third kappa shape index (κ3) is 3.27. The lowest BCUT2D eigenvalue weighted by Gasteiger charge is -2.42. The first-order valence-electron chi connectivity index (χ1n) is 8.04. The zero-order chi connectivity index (χ0) is 13.1. The minimum Gasteiger partial charge on any atom is -0.316 e. The van der Waals surface area contributed by atoms with Crippen LogP contribution in [-0.2, 0) is 0 Å². The van der Waals surface area contributed by atoms with Gasteiger partial charge in [0.2, 0.25) is 0 Å². The van der Waals surface area contributed by atoms with Crippen molar-refractivity contribution >= 4 is 0 Å². The minimum absolute atomic E-state index is 0.592. The fourth-order valence-electron chi connectivity index (χ4n) is 3.83. The lowest BCUT2D eigenvalue weighted by atomic mass is 9.76. The number of piperidine rings is 1. The Morgan fingerprint density at radius 1 is 1.11 bits per heavy atom. The van der Waals surface area contributed by atoms with E-state index in [9.17, 15) is 0 Å².